The highest BCUT2D eigenvalue weighted by Gasteiger charge is 2.39. The predicted molar refractivity (Wildman–Crippen MR) is 40.5 cm³/mol. The number of methoxy groups -OCH3 is 1. The van der Waals surface area contributed by atoms with E-state index < -0.39 is 5.97 Å². The van der Waals surface area contributed by atoms with Gasteiger partial charge in [0.25, 0.3) is 0 Å². The van der Waals surface area contributed by atoms with Crippen LogP contribution in [0.3, 0.4) is 0 Å². The Morgan fingerprint density at radius 1 is 1.42 bits per heavy atom. The minimum Gasteiger partial charge on any atom is -0.481 e. The Morgan fingerprint density at radius 2 is 2.00 bits per heavy atom. The molecule has 0 aromatic rings. The molecule has 4 nitrogen and oxygen atoms in total. The third-order valence-corrected chi connectivity index (χ3v) is 2.16. The van der Waals surface area contributed by atoms with Crippen LogP contribution in [0.15, 0.2) is 0 Å². The van der Waals surface area contributed by atoms with E-state index in [1.54, 1.807) is 0 Å². The van der Waals surface area contributed by atoms with E-state index >= 15 is 0 Å². The molecule has 0 heterocycles. The van der Waals surface area contributed by atoms with Gasteiger partial charge in [0, 0.05) is 12.8 Å². The molecular formula is C8H12O4. The summed E-state index contributed by atoms with van der Waals surface area (Å²) >= 11 is 0. The van der Waals surface area contributed by atoms with E-state index in [0.717, 1.165) is 6.42 Å². The van der Waals surface area contributed by atoms with Crippen LogP contribution >= 0.6 is 0 Å². The van der Waals surface area contributed by atoms with Crippen molar-refractivity contribution in [2.24, 2.45) is 11.8 Å². The molecule has 1 fully saturated rings. The summed E-state index contributed by atoms with van der Waals surface area (Å²) in [5, 5.41) is 8.42. The largest absolute Gasteiger partial charge is 0.481 e. The van der Waals surface area contributed by atoms with Gasteiger partial charge < -0.3 is 9.84 Å². The molecule has 4 heteroatoms. The fraction of sp³-hybridized carbons (Fsp3) is 0.750. The van der Waals surface area contributed by atoms with Crippen LogP contribution in [-0.2, 0) is 14.3 Å². The molecule has 0 amide bonds. The molecule has 12 heavy (non-hydrogen) atoms. The zero-order valence-corrected chi connectivity index (χ0v) is 6.95. The van der Waals surface area contributed by atoms with Crippen LogP contribution in [0.4, 0.5) is 0 Å². The van der Waals surface area contributed by atoms with Crippen molar-refractivity contribution in [1.82, 2.24) is 0 Å². The number of ether oxygens (including phenoxy) is 1. The molecule has 0 aliphatic heterocycles. The highest BCUT2D eigenvalue weighted by Crippen LogP contribution is 2.43. The van der Waals surface area contributed by atoms with E-state index in [-0.39, 0.29) is 24.2 Å². The summed E-state index contributed by atoms with van der Waals surface area (Å²) in [6, 6.07) is 0. The Kier molecular flexibility index (Phi) is 2.68. The molecule has 0 spiro atoms. The lowest BCUT2D eigenvalue weighted by Crippen LogP contribution is -2.03. The van der Waals surface area contributed by atoms with Crippen LogP contribution in [0.5, 0.6) is 0 Å². The van der Waals surface area contributed by atoms with E-state index in [2.05, 4.69) is 4.74 Å². The number of carbonyl (C=O) groups excluding carboxylic acids is 1. The fourth-order valence-electron chi connectivity index (χ4n) is 1.33. The van der Waals surface area contributed by atoms with Crippen molar-refractivity contribution >= 4 is 11.9 Å². The maximum absolute atomic E-state index is 10.7. The lowest BCUT2D eigenvalue weighted by atomic mass is 10.2. The highest BCUT2D eigenvalue weighted by molar-refractivity contribution is 5.71. The molecular weight excluding hydrogens is 160 g/mol. The summed E-state index contributed by atoms with van der Waals surface area (Å²) in [5.74, 6) is -0.588. The number of hydrogen-bond donors (Lipinski definition) is 1. The number of esters is 1. The van der Waals surface area contributed by atoms with Gasteiger partial charge in [0.1, 0.15) is 0 Å². The summed E-state index contributed by atoms with van der Waals surface area (Å²) in [5.41, 5.74) is 0. The molecule has 1 N–H and O–H groups in total. The first-order valence-electron chi connectivity index (χ1n) is 3.92. The van der Waals surface area contributed by atoms with Gasteiger partial charge >= 0.3 is 11.9 Å². The monoisotopic (exact) mass is 172 g/mol. The first-order valence-corrected chi connectivity index (χ1v) is 3.92. The minimum atomic E-state index is -0.785. The van der Waals surface area contributed by atoms with Crippen molar-refractivity contribution in [2.75, 3.05) is 7.11 Å². The van der Waals surface area contributed by atoms with Crippen molar-refractivity contribution in [3.63, 3.8) is 0 Å². The molecule has 0 aromatic carbocycles. The van der Waals surface area contributed by atoms with Crippen molar-refractivity contribution in [3.05, 3.63) is 0 Å². The summed E-state index contributed by atoms with van der Waals surface area (Å²) < 4.78 is 4.47. The van der Waals surface area contributed by atoms with Crippen LogP contribution in [-0.4, -0.2) is 24.2 Å². The first-order chi connectivity index (χ1) is 5.63. The van der Waals surface area contributed by atoms with Crippen molar-refractivity contribution in [2.45, 2.75) is 19.3 Å². The Hall–Kier alpha value is -1.06. The summed E-state index contributed by atoms with van der Waals surface area (Å²) in [6.45, 7) is 0. The molecule has 0 aromatic heterocycles. The minimum absolute atomic E-state index is 0.182. The molecule has 68 valence electrons. The third kappa shape index (κ3) is 2.53. The number of carboxylic acids is 1. The smallest absolute Gasteiger partial charge is 0.305 e. The summed E-state index contributed by atoms with van der Waals surface area (Å²) in [6.07, 6.45) is 1.40. The SMILES string of the molecule is COC(=O)C[C@@H]1C[C@@H]1CC(=O)O. The lowest BCUT2D eigenvalue weighted by molar-refractivity contribution is -0.142. The van der Waals surface area contributed by atoms with Gasteiger partial charge in [-0.2, -0.15) is 0 Å². The molecule has 0 saturated heterocycles. The zero-order chi connectivity index (χ0) is 9.14. The molecule has 1 aliphatic carbocycles. The second-order valence-corrected chi connectivity index (χ2v) is 3.13. The maximum atomic E-state index is 10.7. The topological polar surface area (TPSA) is 63.6 Å². The van der Waals surface area contributed by atoms with Crippen molar-refractivity contribution in [3.8, 4) is 0 Å². The average Bonchev–Trinajstić information content (AvgIpc) is 2.66. The Labute approximate surface area is 70.5 Å². The number of carbonyl (C=O) groups is 2. The highest BCUT2D eigenvalue weighted by atomic mass is 16.5. The lowest BCUT2D eigenvalue weighted by Gasteiger charge is -1.96. The quantitative estimate of drug-likeness (QED) is 0.633. The van der Waals surface area contributed by atoms with E-state index in [4.69, 9.17) is 5.11 Å². The van der Waals surface area contributed by atoms with Gasteiger partial charge in [-0.25, -0.2) is 0 Å². The van der Waals surface area contributed by atoms with Gasteiger partial charge in [-0.15, -0.1) is 0 Å². The van der Waals surface area contributed by atoms with E-state index in [0.29, 0.717) is 6.42 Å². The summed E-state index contributed by atoms with van der Waals surface area (Å²) in [4.78, 5) is 21.0. The van der Waals surface area contributed by atoms with Gasteiger partial charge in [-0.1, -0.05) is 0 Å². The van der Waals surface area contributed by atoms with E-state index in [1.165, 1.54) is 7.11 Å². The van der Waals surface area contributed by atoms with Gasteiger partial charge in [0.15, 0.2) is 0 Å². The maximum Gasteiger partial charge on any atom is 0.305 e. The van der Waals surface area contributed by atoms with E-state index in [1.807, 2.05) is 0 Å². The Balaban J connectivity index is 2.16. The number of carboxylic acid groups (broad SMARTS) is 1. The van der Waals surface area contributed by atoms with Crippen LogP contribution in [0.25, 0.3) is 0 Å². The predicted octanol–water partition coefficient (Wildman–Crippen LogP) is 0.660. The second kappa shape index (κ2) is 3.56. The van der Waals surface area contributed by atoms with E-state index in [9.17, 15) is 9.59 Å². The van der Waals surface area contributed by atoms with Crippen molar-refractivity contribution < 1.29 is 19.4 Å². The molecule has 1 aliphatic rings. The van der Waals surface area contributed by atoms with Crippen LogP contribution in [0.2, 0.25) is 0 Å². The number of hydrogen-bond acceptors (Lipinski definition) is 3. The fourth-order valence-corrected chi connectivity index (χ4v) is 1.33. The number of aliphatic carboxylic acids is 1. The Morgan fingerprint density at radius 3 is 2.50 bits per heavy atom. The normalized spacial score (nSPS) is 26.4. The molecule has 2 atom stereocenters. The average molecular weight is 172 g/mol. The van der Waals surface area contributed by atoms with Gasteiger partial charge in [-0.05, 0) is 18.3 Å². The molecule has 1 rings (SSSR count). The molecule has 0 unspecified atom stereocenters. The standard InChI is InChI=1S/C8H12O4/c1-12-8(11)4-6-2-5(6)3-7(9)10/h5-6H,2-4H2,1H3,(H,9,10)/t5-,6+/m1/s1. The molecule has 0 bridgehead atoms. The van der Waals surface area contributed by atoms with Crippen LogP contribution < -0.4 is 0 Å². The molecule has 1 saturated carbocycles. The molecule has 0 radical (unpaired) electrons. The first kappa shape index (κ1) is 9.03. The van der Waals surface area contributed by atoms with Crippen LogP contribution in [0, 0.1) is 11.8 Å². The van der Waals surface area contributed by atoms with Crippen molar-refractivity contribution in [1.29, 1.82) is 0 Å². The van der Waals surface area contributed by atoms with Gasteiger partial charge in [0.2, 0.25) is 0 Å². The number of rotatable bonds is 4. The Bertz CT molecular complexity index is 199. The van der Waals surface area contributed by atoms with Crippen LogP contribution in [0.1, 0.15) is 19.3 Å². The van der Waals surface area contributed by atoms with Gasteiger partial charge in [-0.3, -0.25) is 9.59 Å². The van der Waals surface area contributed by atoms with Gasteiger partial charge in [0.05, 0.1) is 7.11 Å². The summed E-state index contributed by atoms with van der Waals surface area (Å²) in [7, 11) is 1.34. The third-order valence-electron chi connectivity index (χ3n) is 2.16. The second-order valence-electron chi connectivity index (χ2n) is 3.13. The zero-order valence-electron chi connectivity index (χ0n) is 6.95.